The molecule has 0 unspecified atom stereocenters. The maximum absolute atomic E-state index is 5.70. The normalized spacial score (nSPS) is 11.0. The molecule has 1 aromatic heterocycles. The Balaban J connectivity index is 2.40. The Morgan fingerprint density at radius 2 is 2.21 bits per heavy atom. The van der Waals surface area contributed by atoms with Crippen LogP contribution < -0.4 is 0 Å². The van der Waals surface area contributed by atoms with Gasteiger partial charge in [0.25, 0.3) is 0 Å². The minimum atomic E-state index is 0.741. The van der Waals surface area contributed by atoms with Crippen LogP contribution in [-0.4, -0.2) is 5.88 Å². The smallest absolute Gasteiger partial charge is 0.0346 e. The summed E-state index contributed by atoms with van der Waals surface area (Å²) < 4.78 is 2.51. The Morgan fingerprint density at radius 3 is 3.00 bits per heavy atom. The fourth-order valence-electron chi connectivity index (χ4n) is 1.50. The summed E-state index contributed by atoms with van der Waals surface area (Å²) in [6.07, 6.45) is 2.14. The van der Waals surface area contributed by atoms with Crippen molar-refractivity contribution in [3.63, 3.8) is 0 Å². The maximum Gasteiger partial charge on any atom is 0.0346 e. The molecular weight excluding hydrogens is 280 g/mol. The van der Waals surface area contributed by atoms with Crippen LogP contribution in [0.1, 0.15) is 12.0 Å². The lowest BCUT2D eigenvalue weighted by molar-refractivity contribution is 0.940. The summed E-state index contributed by atoms with van der Waals surface area (Å²) in [5.74, 6) is 0.741. The third-order valence-electron chi connectivity index (χ3n) is 2.20. The molecule has 1 aromatic carbocycles. The molecule has 1 heterocycles. The zero-order chi connectivity index (χ0) is 9.97. The third kappa shape index (κ3) is 2.13. The van der Waals surface area contributed by atoms with Gasteiger partial charge < -0.3 is 0 Å². The number of hydrogen-bond donors (Lipinski definition) is 0. The number of hydrogen-bond acceptors (Lipinski definition) is 1. The molecule has 0 nitrogen and oxygen atoms in total. The highest BCUT2D eigenvalue weighted by atomic mass is 79.9. The number of aryl methyl sites for hydroxylation is 1. The molecule has 0 aliphatic rings. The molecule has 0 aliphatic carbocycles. The molecule has 0 saturated carbocycles. The second-order valence-corrected chi connectivity index (χ2v) is 5.40. The zero-order valence-electron chi connectivity index (χ0n) is 7.59. The molecule has 0 spiro atoms. The van der Waals surface area contributed by atoms with Gasteiger partial charge in [-0.25, -0.2) is 0 Å². The molecule has 14 heavy (non-hydrogen) atoms. The molecule has 0 radical (unpaired) electrons. The molecule has 74 valence electrons. The van der Waals surface area contributed by atoms with E-state index in [1.54, 1.807) is 0 Å². The summed E-state index contributed by atoms with van der Waals surface area (Å²) in [5.41, 5.74) is 1.42. The molecule has 0 bridgehead atoms. The largest absolute Gasteiger partial charge is 0.144 e. The highest BCUT2D eigenvalue weighted by molar-refractivity contribution is 9.10. The van der Waals surface area contributed by atoms with E-state index in [-0.39, 0.29) is 0 Å². The first-order valence-corrected chi connectivity index (χ1v) is 6.73. The van der Waals surface area contributed by atoms with Crippen molar-refractivity contribution < 1.29 is 0 Å². The van der Waals surface area contributed by atoms with Crippen molar-refractivity contribution in [2.45, 2.75) is 12.8 Å². The predicted molar refractivity (Wildman–Crippen MR) is 68.6 cm³/mol. The second-order valence-electron chi connectivity index (χ2n) is 3.19. The quantitative estimate of drug-likeness (QED) is 0.710. The van der Waals surface area contributed by atoms with Crippen LogP contribution in [0.15, 0.2) is 28.1 Å². The van der Waals surface area contributed by atoms with Gasteiger partial charge in [0.1, 0.15) is 0 Å². The van der Waals surface area contributed by atoms with Crippen LogP contribution in [0.5, 0.6) is 0 Å². The van der Waals surface area contributed by atoms with Crippen LogP contribution in [0.2, 0.25) is 0 Å². The van der Waals surface area contributed by atoms with Crippen LogP contribution in [0.4, 0.5) is 0 Å². The molecule has 0 aliphatic heterocycles. The van der Waals surface area contributed by atoms with Gasteiger partial charge in [0, 0.05) is 15.1 Å². The van der Waals surface area contributed by atoms with Gasteiger partial charge in [-0.1, -0.05) is 15.9 Å². The van der Waals surface area contributed by atoms with Crippen molar-refractivity contribution >= 4 is 49.0 Å². The SMILES string of the molecule is ClCCCc1csc2ccc(Br)cc12. The van der Waals surface area contributed by atoms with Gasteiger partial charge in [-0.15, -0.1) is 22.9 Å². The van der Waals surface area contributed by atoms with Crippen molar-refractivity contribution in [3.8, 4) is 0 Å². The minimum Gasteiger partial charge on any atom is -0.144 e. The topological polar surface area (TPSA) is 0 Å². The highest BCUT2D eigenvalue weighted by Gasteiger charge is 2.03. The van der Waals surface area contributed by atoms with E-state index >= 15 is 0 Å². The van der Waals surface area contributed by atoms with Crippen molar-refractivity contribution in [2.24, 2.45) is 0 Å². The average Bonchev–Trinajstić information content (AvgIpc) is 2.57. The van der Waals surface area contributed by atoms with E-state index in [0.717, 1.165) is 23.2 Å². The third-order valence-corrected chi connectivity index (χ3v) is 3.97. The van der Waals surface area contributed by atoms with Crippen molar-refractivity contribution in [1.82, 2.24) is 0 Å². The van der Waals surface area contributed by atoms with Gasteiger partial charge in [-0.2, -0.15) is 0 Å². The highest BCUT2D eigenvalue weighted by Crippen LogP contribution is 2.29. The van der Waals surface area contributed by atoms with Crippen LogP contribution in [0.25, 0.3) is 10.1 Å². The van der Waals surface area contributed by atoms with E-state index in [9.17, 15) is 0 Å². The lowest BCUT2D eigenvalue weighted by Crippen LogP contribution is -1.83. The molecule has 0 amide bonds. The fourth-order valence-corrected chi connectivity index (χ4v) is 2.98. The summed E-state index contributed by atoms with van der Waals surface area (Å²) >= 11 is 11.0. The number of fused-ring (bicyclic) bond motifs is 1. The summed E-state index contributed by atoms with van der Waals surface area (Å²) in [6, 6.07) is 6.44. The van der Waals surface area contributed by atoms with Gasteiger partial charge in [-0.05, 0) is 47.4 Å². The van der Waals surface area contributed by atoms with E-state index in [4.69, 9.17) is 11.6 Å². The number of alkyl halides is 1. The Bertz CT molecular complexity index is 436. The first kappa shape index (κ1) is 10.5. The van der Waals surface area contributed by atoms with E-state index in [1.165, 1.54) is 15.6 Å². The van der Waals surface area contributed by atoms with E-state index in [2.05, 4.69) is 39.5 Å². The Labute approximate surface area is 101 Å². The van der Waals surface area contributed by atoms with Gasteiger partial charge in [0.2, 0.25) is 0 Å². The van der Waals surface area contributed by atoms with E-state index in [0.29, 0.717) is 0 Å². The number of benzene rings is 1. The molecule has 2 aromatic rings. The molecule has 0 atom stereocenters. The predicted octanol–water partition coefficient (Wildman–Crippen LogP) is 4.84. The summed E-state index contributed by atoms with van der Waals surface area (Å²) in [4.78, 5) is 0. The first-order chi connectivity index (χ1) is 6.81. The summed E-state index contributed by atoms with van der Waals surface area (Å²) in [5, 5.41) is 3.61. The van der Waals surface area contributed by atoms with E-state index < -0.39 is 0 Å². The average molecular weight is 290 g/mol. The van der Waals surface area contributed by atoms with Gasteiger partial charge in [0.15, 0.2) is 0 Å². The monoisotopic (exact) mass is 288 g/mol. The van der Waals surface area contributed by atoms with Gasteiger partial charge in [0.05, 0.1) is 0 Å². The minimum absolute atomic E-state index is 0.741. The van der Waals surface area contributed by atoms with Crippen LogP contribution in [0.3, 0.4) is 0 Å². The lowest BCUT2D eigenvalue weighted by Gasteiger charge is -1.97. The Kier molecular flexibility index (Phi) is 3.47. The zero-order valence-corrected chi connectivity index (χ0v) is 10.8. The van der Waals surface area contributed by atoms with E-state index in [1.807, 2.05) is 11.3 Å². The van der Waals surface area contributed by atoms with Crippen molar-refractivity contribution in [3.05, 3.63) is 33.6 Å². The van der Waals surface area contributed by atoms with Crippen LogP contribution in [-0.2, 0) is 6.42 Å². The van der Waals surface area contributed by atoms with Crippen LogP contribution in [0, 0.1) is 0 Å². The molecule has 2 rings (SSSR count). The van der Waals surface area contributed by atoms with Crippen molar-refractivity contribution in [2.75, 3.05) is 5.88 Å². The molecule has 3 heteroatoms. The molecule has 0 saturated heterocycles. The van der Waals surface area contributed by atoms with Crippen molar-refractivity contribution in [1.29, 1.82) is 0 Å². The second kappa shape index (κ2) is 4.65. The maximum atomic E-state index is 5.70. The van der Waals surface area contributed by atoms with Gasteiger partial charge in [-0.3, -0.25) is 0 Å². The van der Waals surface area contributed by atoms with Crippen LogP contribution >= 0.6 is 38.9 Å². The molecule has 0 N–H and O–H groups in total. The summed E-state index contributed by atoms with van der Waals surface area (Å²) in [6.45, 7) is 0. The summed E-state index contributed by atoms with van der Waals surface area (Å²) in [7, 11) is 0. The number of halogens is 2. The first-order valence-electron chi connectivity index (χ1n) is 4.53. The molecule has 0 fully saturated rings. The molecular formula is C11H10BrClS. The lowest BCUT2D eigenvalue weighted by atomic mass is 10.1. The number of thiophene rings is 1. The Morgan fingerprint density at radius 1 is 1.36 bits per heavy atom. The van der Waals surface area contributed by atoms with Gasteiger partial charge >= 0.3 is 0 Å². The number of rotatable bonds is 3. The Hall–Kier alpha value is -0.0500. The fraction of sp³-hybridized carbons (Fsp3) is 0.273. The standard InChI is InChI=1S/C11H10BrClS/c12-9-3-4-11-10(6-9)8(7-14-11)2-1-5-13/h3-4,6-7H,1-2,5H2.